The number of rotatable bonds is 3. The molecule has 1 aromatic rings. The highest BCUT2D eigenvalue weighted by Crippen LogP contribution is 2.32. The zero-order chi connectivity index (χ0) is 14.0. The number of aliphatic hydroxyl groups is 1. The molecule has 0 bridgehead atoms. The molecule has 106 valence electrons. The zero-order valence-corrected chi connectivity index (χ0v) is 12.4. The summed E-state index contributed by atoms with van der Waals surface area (Å²) in [5.74, 6) is 0. The lowest BCUT2D eigenvalue weighted by Crippen LogP contribution is -2.52. The first-order chi connectivity index (χ1) is 8.93. The van der Waals surface area contributed by atoms with Gasteiger partial charge in [-0.25, -0.2) is 0 Å². The number of morpholine rings is 1. The molecule has 1 aliphatic heterocycles. The third-order valence-corrected chi connectivity index (χ3v) is 3.59. The molecule has 2 atom stereocenters. The molecule has 0 aliphatic carbocycles. The summed E-state index contributed by atoms with van der Waals surface area (Å²) in [7, 11) is 0. The van der Waals surface area contributed by atoms with Gasteiger partial charge in [-0.3, -0.25) is 0 Å². The Kier molecular flexibility index (Phi) is 4.16. The van der Waals surface area contributed by atoms with Crippen LogP contribution in [0.3, 0.4) is 0 Å². The van der Waals surface area contributed by atoms with Gasteiger partial charge in [0.15, 0.2) is 0 Å². The third-order valence-electron chi connectivity index (χ3n) is 3.59. The lowest BCUT2D eigenvalue weighted by atomic mass is 10.0. The molecular weight excluding hydrogens is 238 g/mol. The van der Waals surface area contributed by atoms with Gasteiger partial charge in [-0.2, -0.15) is 0 Å². The van der Waals surface area contributed by atoms with Crippen LogP contribution in [-0.4, -0.2) is 29.9 Å². The molecule has 3 nitrogen and oxygen atoms in total. The first-order valence-electron chi connectivity index (χ1n) is 7.12. The van der Waals surface area contributed by atoms with E-state index in [0.29, 0.717) is 0 Å². The molecule has 3 heteroatoms. The van der Waals surface area contributed by atoms with Crippen molar-refractivity contribution in [1.82, 2.24) is 0 Å². The number of hydrogen-bond donors (Lipinski definition) is 1. The Morgan fingerprint density at radius 2 is 2.11 bits per heavy atom. The molecule has 1 unspecified atom stereocenters. The molecule has 1 heterocycles. The number of aliphatic hydroxyl groups excluding tert-OH is 1. The molecule has 0 radical (unpaired) electrons. The number of para-hydroxylation sites is 1. The summed E-state index contributed by atoms with van der Waals surface area (Å²) in [5.41, 5.74) is 2.01. The Hall–Kier alpha value is -1.06. The number of nitrogens with zero attached hydrogens (tertiary/aromatic N) is 1. The van der Waals surface area contributed by atoms with Gasteiger partial charge in [-0.1, -0.05) is 25.1 Å². The van der Waals surface area contributed by atoms with E-state index >= 15 is 0 Å². The van der Waals surface area contributed by atoms with E-state index in [2.05, 4.69) is 31.7 Å². The molecular formula is C16H25NO2. The van der Waals surface area contributed by atoms with Crippen molar-refractivity contribution in [3.63, 3.8) is 0 Å². The van der Waals surface area contributed by atoms with Crippen LogP contribution in [0, 0.1) is 0 Å². The van der Waals surface area contributed by atoms with Crippen molar-refractivity contribution < 1.29 is 9.84 Å². The lowest BCUT2D eigenvalue weighted by Gasteiger charge is -2.43. The Morgan fingerprint density at radius 1 is 1.42 bits per heavy atom. The quantitative estimate of drug-likeness (QED) is 0.909. The molecule has 1 N–H and O–H groups in total. The summed E-state index contributed by atoms with van der Waals surface area (Å²) in [6, 6.07) is 8.15. The molecule has 0 amide bonds. The number of anilines is 1. The van der Waals surface area contributed by atoms with Crippen molar-refractivity contribution in [3.05, 3.63) is 29.8 Å². The maximum atomic E-state index is 10.2. The van der Waals surface area contributed by atoms with Crippen LogP contribution in [0.15, 0.2) is 24.3 Å². The van der Waals surface area contributed by atoms with E-state index < -0.39 is 6.10 Å². The monoisotopic (exact) mass is 263 g/mol. The van der Waals surface area contributed by atoms with Crippen molar-refractivity contribution in [3.8, 4) is 0 Å². The summed E-state index contributed by atoms with van der Waals surface area (Å²) < 4.78 is 5.95. The standard InChI is InChI=1S/C16H25NO2/c1-5-15(18)13-8-6-7-9-14(13)17-10-12(2)19-16(3,4)11-17/h6-9,12,15,18H,5,10-11H2,1-4H3/t12?,15-/m1/s1. The summed E-state index contributed by atoms with van der Waals surface area (Å²) in [4.78, 5) is 2.34. The van der Waals surface area contributed by atoms with Gasteiger partial charge in [0, 0.05) is 24.3 Å². The van der Waals surface area contributed by atoms with E-state index in [4.69, 9.17) is 4.74 Å². The van der Waals surface area contributed by atoms with Gasteiger partial charge in [-0.05, 0) is 33.3 Å². The molecule has 2 rings (SSSR count). The van der Waals surface area contributed by atoms with Crippen LogP contribution in [0.1, 0.15) is 45.8 Å². The Labute approximate surface area is 116 Å². The Bertz CT molecular complexity index is 431. The second kappa shape index (κ2) is 5.51. The predicted molar refractivity (Wildman–Crippen MR) is 78.5 cm³/mol. The largest absolute Gasteiger partial charge is 0.388 e. The average molecular weight is 263 g/mol. The van der Waals surface area contributed by atoms with Crippen LogP contribution < -0.4 is 4.90 Å². The molecule has 0 aromatic heterocycles. The van der Waals surface area contributed by atoms with E-state index in [9.17, 15) is 5.11 Å². The maximum absolute atomic E-state index is 10.2. The number of benzene rings is 1. The molecule has 0 saturated carbocycles. The molecule has 19 heavy (non-hydrogen) atoms. The second-order valence-corrected chi connectivity index (χ2v) is 6.05. The van der Waals surface area contributed by atoms with Crippen LogP contribution in [0.25, 0.3) is 0 Å². The van der Waals surface area contributed by atoms with E-state index in [1.807, 2.05) is 25.1 Å². The van der Waals surface area contributed by atoms with Gasteiger partial charge < -0.3 is 14.7 Å². The van der Waals surface area contributed by atoms with Crippen LogP contribution in [0.5, 0.6) is 0 Å². The van der Waals surface area contributed by atoms with Crippen LogP contribution in [0.2, 0.25) is 0 Å². The van der Waals surface area contributed by atoms with E-state index in [0.717, 1.165) is 30.8 Å². The topological polar surface area (TPSA) is 32.7 Å². The first kappa shape index (κ1) is 14.4. The third kappa shape index (κ3) is 3.28. The molecule has 1 aromatic carbocycles. The Balaban J connectivity index is 2.31. The summed E-state index contributed by atoms with van der Waals surface area (Å²) >= 11 is 0. The fraction of sp³-hybridized carbons (Fsp3) is 0.625. The molecule has 1 saturated heterocycles. The van der Waals surface area contributed by atoms with Gasteiger partial charge in [0.25, 0.3) is 0 Å². The van der Waals surface area contributed by atoms with Crippen molar-refractivity contribution in [2.45, 2.75) is 51.9 Å². The normalized spacial score (nSPS) is 24.3. The van der Waals surface area contributed by atoms with Gasteiger partial charge in [0.2, 0.25) is 0 Å². The fourth-order valence-electron chi connectivity index (χ4n) is 2.91. The minimum Gasteiger partial charge on any atom is -0.388 e. The van der Waals surface area contributed by atoms with E-state index in [-0.39, 0.29) is 11.7 Å². The van der Waals surface area contributed by atoms with Crippen molar-refractivity contribution in [1.29, 1.82) is 0 Å². The summed E-state index contributed by atoms with van der Waals surface area (Å²) in [5, 5.41) is 10.2. The zero-order valence-electron chi connectivity index (χ0n) is 12.4. The minimum atomic E-state index is -0.391. The van der Waals surface area contributed by atoms with Crippen LogP contribution in [0.4, 0.5) is 5.69 Å². The van der Waals surface area contributed by atoms with Crippen molar-refractivity contribution in [2.24, 2.45) is 0 Å². The summed E-state index contributed by atoms with van der Waals surface area (Å²) in [6.45, 7) is 10.1. The molecule has 1 aliphatic rings. The second-order valence-electron chi connectivity index (χ2n) is 6.05. The highest BCUT2D eigenvalue weighted by atomic mass is 16.5. The number of hydrogen-bond acceptors (Lipinski definition) is 3. The van der Waals surface area contributed by atoms with E-state index in [1.54, 1.807) is 0 Å². The van der Waals surface area contributed by atoms with E-state index in [1.165, 1.54) is 0 Å². The van der Waals surface area contributed by atoms with Crippen molar-refractivity contribution >= 4 is 5.69 Å². The van der Waals surface area contributed by atoms with Crippen LogP contribution in [-0.2, 0) is 4.74 Å². The Morgan fingerprint density at radius 3 is 2.74 bits per heavy atom. The SMILES string of the molecule is CC[C@@H](O)c1ccccc1N1CC(C)OC(C)(C)C1. The maximum Gasteiger partial charge on any atom is 0.0807 e. The van der Waals surface area contributed by atoms with Gasteiger partial charge in [-0.15, -0.1) is 0 Å². The fourth-order valence-corrected chi connectivity index (χ4v) is 2.91. The number of ether oxygens (including phenoxy) is 1. The summed E-state index contributed by atoms with van der Waals surface area (Å²) in [6.07, 6.45) is 0.549. The molecule has 1 fully saturated rings. The van der Waals surface area contributed by atoms with Gasteiger partial charge >= 0.3 is 0 Å². The van der Waals surface area contributed by atoms with Crippen molar-refractivity contribution in [2.75, 3.05) is 18.0 Å². The lowest BCUT2D eigenvalue weighted by molar-refractivity contribution is -0.0750. The minimum absolute atomic E-state index is 0.151. The highest BCUT2D eigenvalue weighted by Gasteiger charge is 2.32. The molecule has 0 spiro atoms. The highest BCUT2D eigenvalue weighted by molar-refractivity contribution is 5.55. The van der Waals surface area contributed by atoms with Gasteiger partial charge in [0.05, 0.1) is 17.8 Å². The smallest absolute Gasteiger partial charge is 0.0807 e. The van der Waals surface area contributed by atoms with Crippen LogP contribution >= 0.6 is 0 Å². The van der Waals surface area contributed by atoms with Gasteiger partial charge in [0.1, 0.15) is 0 Å². The first-order valence-corrected chi connectivity index (χ1v) is 7.12. The predicted octanol–water partition coefficient (Wildman–Crippen LogP) is 3.13. The average Bonchev–Trinajstić information content (AvgIpc) is 2.35.